The number of allylic oxidation sites excluding steroid dienone is 1. The summed E-state index contributed by atoms with van der Waals surface area (Å²) in [6.07, 6.45) is 3.27. The van der Waals surface area contributed by atoms with Gasteiger partial charge in [0.25, 0.3) is 11.8 Å². The Hall–Kier alpha value is -2.25. The van der Waals surface area contributed by atoms with E-state index in [1.807, 2.05) is 6.92 Å². The Morgan fingerprint density at radius 1 is 1.52 bits per heavy atom. The number of hydrogen-bond acceptors (Lipinski definition) is 5. The number of tetrazole rings is 1. The SMILES string of the molecule is CCCN1CC(C)CC=C(C(=O)Nc2nnnn2C)C1=O. The molecule has 8 heteroatoms. The van der Waals surface area contributed by atoms with Gasteiger partial charge in [-0.3, -0.25) is 14.9 Å². The lowest BCUT2D eigenvalue weighted by Gasteiger charge is -2.23. The van der Waals surface area contributed by atoms with E-state index in [-0.39, 0.29) is 17.4 Å². The quantitative estimate of drug-likeness (QED) is 0.808. The van der Waals surface area contributed by atoms with Gasteiger partial charge in [-0.15, -0.1) is 0 Å². The summed E-state index contributed by atoms with van der Waals surface area (Å²) >= 11 is 0. The molecule has 1 aromatic heterocycles. The average Bonchev–Trinajstić information content (AvgIpc) is 2.77. The van der Waals surface area contributed by atoms with Crippen LogP contribution in [-0.4, -0.2) is 50.0 Å². The number of hydrogen-bond donors (Lipinski definition) is 1. The van der Waals surface area contributed by atoms with Crippen molar-refractivity contribution < 1.29 is 9.59 Å². The number of rotatable bonds is 4. The number of aromatic nitrogens is 4. The van der Waals surface area contributed by atoms with E-state index >= 15 is 0 Å². The first kappa shape index (κ1) is 15.1. The summed E-state index contributed by atoms with van der Waals surface area (Å²) in [6.45, 7) is 5.40. The molecule has 0 bridgehead atoms. The predicted molar refractivity (Wildman–Crippen MR) is 76.2 cm³/mol. The van der Waals surface area contributed by atoms with Crippen LogP contribution in [-0.2, 0) is 16.6 Å². The number of nitrogens with zero attached hydrogens (tertiary/aromatic N) is 5. The van der Waals surface area contributed by atoms with Gasteiger partial charge in [0.1, 0.15) is 5.57 Å². The van der Waals surface area contributed by atoms with E-state index in [2.05, 4.69) is 27.8 Å². The second-order valence-electron chi connectivity index (χ2n) is 5.29. The third-order valence-electron chi connectivity index (χ3n) is 3.36. The number of carbonyl (C=O) groups excluding carboxylic acids is 2. The number of aryl methyl sites for hydroxylation is 1. The van der Waals surface area contributed by atoms with Gasteiger partial charge in [0.15, 0.2) is 0 Å². The minimum absolute atomic E-state index is 0.163. The Kier molecular flexibility index (Phi) is 4.66. The highest BCUT2D eigenvalue weighted by Gasteiger charge is 2.28. The number of carbonyl (C=O) groups is 2. The molecule has 0 fully saturated rings. The summed E-state index contributed by atoms with van der Waals surface area (Å²) in [5.74, 6) is -0.141. The van der Waals surface area contributed by atoms with E-state index in [0.717, 1.165) is 6.42 Å². The van der Waals surface area contributed by atoms with Crippen molar-refractivity contribution in [3.05, 3.63) is 11.6 Å². The lowest BCUT2D eigenvalue weighted by Crippen LogP contribution is -2.37. The highest BCUT2D eigenvalue weighted by molar-refractivity contribution is 6.22. The number of anilines is 1. The molecule has 114 valence electrons. The van der Waals surface area contributed by atoms with E-state index in [1.165, 1.54) is 4.68 Å². The zero-order chi connectivity index (χ0) is 15.4. The molecule has 8 nitrogen and oxygen atoms in total. The van der Waals surface area contributed by atoms with Crippen molar-refractivity contribution in [1.29, 1.82) is 0 Å². The van der Waals surface area contributed by atoms with Crippen LogP contribution in [0.25, 0.3) is 0 Å². The molecule has 0 saturated heterocycles. The van der Waals surface area contributed by atoms with Crippen molar-refractivity contribution in [2.24, 2.45) is 13.0 Å². The fourth-order valence-electron chi connectivity index (χ4n) is 2.27. The summed E-state index contributed by atoms with van der Waals surface area (Å²) in [7, 11) is 1.62. The molecule has 1 unspecified atom stereocenters. The first-order chi connectivity index (χ1) is 10.0. The van der Waals surface area contributed by atoms with Crippen LogP contribution in [0.5, 0.6) is 0 Å². The second kappa shape index (κ2) is 6.47. The standard InChI is InChI=1S/C13H20N6O2/c1-4-7-19-8-9(2)5-6-10(12(19)21)11(20)14-13-15-16-17-18(13)3/h6,9H,4-5,7-8H2,1-3H3,(H,14,15,17,20). The van der Waals surface area contributed by atoms with Gasteiger partial charge in [-0.05, 0) is 29.2 Å². The van der Waals surface area contributed by atoms with Crippen LogP contribution in [0.1, 0.15) is 26.7 Å². The Morgan fingerprint density at radius 2 is 2.29 bits per heavy atom. The van der Waals surface area contributed by atoms with E-state index < -0.39 is 5.91 Å². The van der Waals surface area contributed by atoms with Crippen molar-refractivity contribution in [2.45, 2.75) is 26.7 Å². The molecule has 2 heterocycles. The van der Waals surface area contributed by atoms with Gasteiger partial charge in [0.05, 0.1) is 0 Å². The van der Waals surface area contributed by atoms with Crippen molar-refractivity contribution >= 4 is 17.8 Å². The second-order valence-corrected chi connectivity index (χ2v) is 5.29. The molecule has 0 aromatic carbocycles. The van der Waals surface area contributed by atoms with Crippen LogP contribution in [0.15, 0.2) is 11.6 Å². The van der Waals surface area contributed by atoms with Gasteiger partial charge < -0.3 is 4.90 Å². The highest BCUT2D eigenvalue weighted by Crippen LogP contribution is 2.18. The minimum atomic E-state index is -0.465. The Balaban J connectivity index is 2.17. The smallest absolute Gasteiger partial charge is 0.263 e. The molecule has 21 heavy (non-hydrogen) atoms. The average molecular weight is 292 g/mol. The summed E-state index contributed by atoms with van der Waals surface area (Å²) in [5, 5.41) is 13.3. The maximum absolute atomic E-state index is 12.5. The molecule has 0 aliphatic carbocycles. The van der Waals surface area contributed by atoms with Gasteiger partial charge in [-0.2, -0.15) is 0 Å². The van der Waals surface area contributed by atoms with Crippen LogP contribution < -0.4 is 5.32 Å². The fraction of sp³-hybridized carbons (Fsp3) is 0.615. The molecule has 1 aliphatic heterocycles. The van der Waals surface area contributed by atoms with Crippen LogP contribution in [0.4, 0.5) is 5.95 Å². The van der Waals surface area contributed by atoms with Crippen LogP contribution in [0, 0.1) is 5.92 Å². The molecule has 0 saturated carbocycles. The molecular weight excluding hydrogens is 272 g/mol. The molecule has 2 amide bonds. The molecule has 1 aromatic rings. The Bertz CT molecular complexity index is 565. The third-order valence-corrected chi connectivity index (χ3v) is 3.36. The van der Waals surface area contributed by atoms with Gasteiger partial charge in [0.2, 0.25) is 5.95 Å². The first-order valence-corrected chi connectivity index (χ1v) is 7.06. The minimum Gasteiger partial charge on any atom is -0.338 e. The summed E-state index contributed by atoms with van der Waals surface area (Å²) in [6, 6.07) is 0. The van der Waals surface area contributed by atoms with Crippen molar-refractivity contribution in [3.63, 3.8) is 0 Å². The maximum Gasteiger partial charge on any atom is 0.263 e. The van der Waals surface area contributed by atoms with Gasteiger partial charge in [-0.1, -0.05) is 25.0 Å². The summed E-state index contributed by atoms with van der Waals surface area (Å²) < 4.78 is 1.34. The number of amides is 2. The molecule has 1 N–H and O–H groups in total. The van der Waals surface area contributed by atoms with Crippen molar-refractivity contribution in [3.8, 4) is 0 Å². The largest absolute Gasteiger partial charge is 0.338 e. The van der Waals surface area contributed by atoms with Crippen LogP contribution in [0.2, 0.25) is 0 Å². The fourth-order valence-corrected chi connectivity index (χ4v) is 2.27. The maximum atomic E-state index is 12.5. The molecule has 0 radical (unpaired) electrons. The van der Waals surface area contributed by atoms with Gasteiger partial charge in [0, 0.05) is 20.1 Å². The van der Waals surface area contributed by atoms with E-state index in [9.17, 15) is 9.59 Å². The molecule has 2 rings (SSSR count). The monoisotopic (exact) mass is 292 g/mol. The summed E-state index contributed by atoms with van der Waals surface area (Å²) in [5.41, 5.74) is 0.163. The van der Waals surface area contributed by atoms with Gasteiger partial charge in [-0.25, -0.2) is 4.68 Å². The zero-order valence-corrected chi connectivity index (χ0v) is 12.5. The van der Waals surface area contributed by atoms with Crippen molar-refractivity contribution in [2.75, 3.05) is 18.4 Å². The lowest BCUT2D eigenvalue weighted by atomic mass is 10.1. The molecule has 0 spiro atoms. The normalized spacial score (nSPS) is 19.2. The Morgan fingerprint density at radius 3 is 2.90 bits per heavy atom. The summed E-state index contributed by atoms with van der Waals surface area (Å²) in [4.78, 5) is 26.5. The highest BCUT2D eigenvalue weighted by atomic mass is 16.2. The Labute approximate surface area is 123 Å². The predicted octanol–water partition coefficient (Wildman–Crippen LogP) is 0.353. The number of nitrogens with one attached hydrogen (secondary N) is 1. The van der Waals surface area contributed by atoms with Crippen molar-refractivity contribution in [1.82, 2.24) is 25.1 Å². The topological polar surface area (TPSA) is 93.0 Å². The van der Waals surface area contributed by atoms with E-state index in [1.54, 1.807) is 18.0 Å². The molecule has 1 aliphatic rings. The first-order valence-electron chi connectivity index (χ1n) is 7.06. The van der Waals surface area contributed by atoms with Gasteiger partial charge >= 0.3 is 0 Å². The molecular formula is C13H20N6O2. The zero-order valence-electron chi connectivity index (χ0n) is 12.5. The van der Waals surface area contributed by atoms with E-state index in [4.69, 9.17) is 0 Å². The van der Waals surface area contributed by atoms with E-state index in [0.29, 0.717) is 25.4 Å². The molecule has 1 atom stereocenters. The third kappa shape index (κ3) is 3.45. The lowest BCUT2D eigenvalue weighted by molar-refractivity contribution is -0.129. The van der Waals surface area contributed by atoms with Crippen LogP contribution in [0.3, 0.4) is 0 Å². The van der Waals surface area contributed by atoms with Crippen LogP contribution >= 0.6 is 0 Å².